The Labute approximate surface area is 202 Å². The van der Waals surface area contributed by atoms with E-state index in [-0.39, 0.29) is 0 Å². The van der Waals surface area contributed by atoms with Crippen molar-refractivity contribution in [2.75, 3.05) is 21.3 Å². The van der Waals surface area contributed by atoms with Crippen molar-refractivity contribution in [2.24, 2.45) is 0 Å². The van der Waals surface area contributed by atoms with Crippen LogP contribution in [0.15, 0.2) is 84.2 Å². The Balaban J connectivity index is 1.61. The van der Waals surface area contributed by atoms with Crippen LogP contribution < -0.4 is 14.2 Å². The van der Waals surface area contributed by atoms with Gasteiger partial charge in [-0.3, -0.25) is 0 Å². The van der Waals surface area contributed by atoms with Gasteiger partial charge >= 0.3 is 0 Å². The first kappa shape index (κ1) is 21.7. The highest BCUT2D eigenvalue weighted by atomic mass is 32.1. The maximum absolute atomic E-state index is 5.46. The Morgan fingerprint density at radius 1 is 0.647 bits per heavy atom. The Bertz CT molecular complexity index is 1420. The molecule has 0 atom stereocenters. The van der Waals surface area contributed by atoms with Gasteiger partial charge in [-0.2, -0.15) is 5.10 Å². The highest BCUT2D eigenvalue weighted by Crippen LogP contribution is 2.34. The molecule has 0 fully saturated rings. The van der Waals surface area contributed by atoms with Gasteiger partial charge in [0.25, 0.3) is 0 Å². The first-order valence-electron chi connectivity index (χ1n) is 10.7. The molecule has 6 nitrogen and oxygen atoms in total. The van der Waals surface area contributed by atoms with Gasteiger partial charge in [0.2, 0.25) is 5.13 Å². The van der Waals surface area contributed by atoms with Crippen molar-refractivity contribution in [2.45, 2.75) is 0 Å². The fourth-order valence-corrected chi connectivity index (χ4v) is 4.49. The molecule has 0 aliphatic heterocycles. The van der Waals surface area contributed by atoms with E-state index in [0.29, 0.717) is 0 Å². The van der Waals surface area contributed by atoms with E-state index >= 15 is 0 Å². The lowest BCUT2D eigenvalue weighted by Crippen LogP contribution is -1.99. The number of methoxy groups -OCH3 is 3. The molecular formula is C27H23N3O3S. The Morgan fingerprint density at radius 2 is 1.29 bits per heavy atom. The number of benzene rings is 3. The van der Waals surface area contributed by atoms with Crippen molar-refractivity contribution in [3.63, 3.8) is 0 Å². The zero-order chi connectivity index (χ0) is 23.5. The second-order valence-corrected chi connectivity index (χ2v) is 8.37. The minimum atomic E-state index is 0.776. The summed E-state index contributed by atoms with van der Waals surface area (Å²) >= 11 is 1.54. The largest absolute Gasteiger partial charge is 0.497 e. The fourth-order valence-electron chi connectivity index (χ4n) is 3.69. The third kappa shape index (κ3) is 4.25. The summed E-state index contributed by atoms with van der Waals surface area (Å²) < 4.78 is 18.0. The van der Waals surface area contributed by atoms with Crippen molar-refractivity contribution < 1.29 is 14.2 Å². The van der Waals surface area contributed by atoms with Crippen LogP contribution in [0.1, 0.15) is 0 Å². The molecule has 3 aromatic carbocycles. The summed E-state index contributed by atoms with van der Waals surface area (Å²) in [5, 5.41) is 7.76. The van der Waals surface area contributed by atoms with Crippen molar-refractivity contribution >= 4 is 11.3 Å². The predicted octanol–water partition coefficient (Wildman–Crippen LogP) is 6.36. The number of rotatable bonds is 7. The number of hydrogen-bond donors (Lipinski definition) is 0. The topological polar surface area (TPSA) is 58.4 Å². The minimum Gasteiger partial charge on any atom is -0.497 e. The van der Waals surface area contributed by atoms with Crippen LogP contribution in [0.25, 0.3) is 38.9 Å². The van der Waals surface area contributed by atoms with Crippen LogP contribution in [0.4, 0.5) is 0 Å². The molecule has 0 amide bonds. The molecule has 2 heterocycles. The molecular weight excluding hydrogens is 446 g/mol. The van der Waals surface area contributed by atoms with Crippen molar-refractivity contribution in [3.8, 4) is 56.2 Å². The van der Waals surface area contributed by atoms with E-state index in [1.807, 2.05) is 82.9 Å². The zero-order valence-electron chi connectivity index (χ0n) is 19.1. The zero-order valence-corrected chi connectivity index (χ0v) is 19.9. The van der Waals surface area contributed by atoms with E-state index < -0.39 is 0 Å². The molecule has 0 spiro atoms. The molecule has 0 saturated heterocycles. The Kier molecular flexibility index (Phi) is 6.01. The number of ether oxygens (including phenoxy) is 3. The summed E-state index contributed by atoms with van der Waals surface area (Å²) in [5.74, 6) is 2.38. The van der Waals surface area contributed by atoms with Crippen LogP contribution in [-0.2, 0) is 0 Å². The summed E-state index contributed by atoms with van der Waals surface area (Å²) in [4.78, 5) is 4.90. The van der Waals surface area contributed by atoms with E-state index in [0.717, 1.165) is 56.2 Å². The summed E-state index contributed by atoms with van der Waals surface area (Å²) in [5.41, 5.74) is 5.62. The quantitative estimate of drug-likeness (QED) is 0.278. The third-order valence-electron chi connectivity index (χ3n) is 5.50. The molecule has 5 rings (SSSR count). The van der Waals surface area contributed by atoms with E-state index in [2.05, 4.69) is 6.07 Å². The highest BCUT2D eigenvalue weighted by Gasteiger charge is 2.17. The average molecular weight is 470 g/mol. The SMILES string of the molecule is COc1ccc(-c2csc(-n3nc(-c4cccc(OC)c4)cc3-c3cccc(OC)c3)n2)cc1. The lowest BCUT2D eigenvalue weighted by atomic mass is 10.1. The predicted molar refractivity (Wildman–Crippen MR) is 135 cm³/mol. The number of thiazole rings is 1. The molecule has 0 aliphatic carbocycles. The van der Waals surface area contributed by atoms with Crippen LogP contribution in [-0.4, -0.2) is 36.1 Å². The molecule has 34 heavy (non-hydrogen) atoms. The van der Waals surface area contributed by atoms with Gasteiger partial charge in [0, 0.05) is 22.1 Å². The van der Waals surface area contributed by atoms with Gasteiger partial charge in [-0.05, 0) is 54.6 Å². The summed E-state index contributed by atoms with van der Waals surface area (Å²) in [6, 6.07) is 25.8. The van der Waals surface area contributed by atoms with Gasteiger partial charge in [0.05, 0.1) is 38.4 Å². The van der Waals surface area contributed by atoms with E-state index in [1.165, 1.54) is 0 Å². The smallest absolute Gasteiger partial charge is 0.211 e. The Hall–Kier alpha value is -4.10. The molecule has 0 unspecified atom stereocenters. The minimum absolute atomic E-state index is 0.776. The molecule has 5 aromatic rings. The lowest BCUT2D eigenvalue weighted by Gasteiger charge is -2.06. The molecule has 170 valence electrons. The number of nitrogens with zero attached hydrogens (tertiary/aromatic N) is 3. The number of aromatic nitrogens is 3. The van der Waals surface area contributed by atoms with Crippen LogP contribution >= 0.6 is 11.3 Å². The van der Waals surface area contributed by atoms with Crippen LogP contribution in [0, 0.1) is 0 Å². The fraction of sp³-hybridized carbons (Fsp3) is 0.111. The normalized spacial score (nSPS) is 10.8. The van der Waals surface area contributed by atoms with Crippen LogP contribution in [0.3, 0.4) is 0 Å². The van der Waals surface area contributed by atoms with Crippen molar-refractivity contribution in [1.82, 2.24) is 14.8 Å². The van der Waals surface area contributed by atoms with E-state index in [4.69, 9.17) is 24.3 Å². The van der Waals surface area contributed by atoms with Gasteiger partial charge < -0.3 is 14.2 Å². The molecule has 2 aromatic heterocycles. The molecule has 0 saturated carbocycles. The molecule has 0 aliphatic rings. The van der Waals surface area contributed by atoms with Gasteiger partial charge in [-0.1, -0.05) is 24.3 Å². The van der Waals surface area contributed by atoms with E-state index in [1.54, 1.807) is 32.7 Å². The van der Waals surface area contributed by atoms with Crippen molar-refractivity contribution in [3.05, 3.63) is 84.2 Å². The number of hydrogen-bond acceptors (Lipinski definition) is 6. The molecule has 0 radical (unpaired) electrons. The lowest BCUT2D eigenvalue weighted by molar-refractivity contribution is 0.415. The van der Waals surface area contributed by atoms with E-state index in [9.17, 15) is 0 Å². The highest BCUT2D eigenvalue weighted by molar-refractivity contribution is 7.12. The Morgan fingerprint density at radius 3 is 1.97 bits per heavy atom. The standard InChI is InChI=1S/C27H23N3O3S/c1-31-21-12-10-18(11-13-21)25-17-34-27(28-25)30-26(20-7-5-9-23(15-20)33-3)16-24(29-30)19-6-4-8-22(14-19)32-2/h4-17H,1-3H3. The van der Waals surface area contributed by atoms with Gasteiger partial charge in [-0.15, -0.1) is 11.3 Å². The summed E-state index contributed by atoms with van der Waals surface area (Å²) in [7, 11) is 4.99. The van der Waals surface area contributed by atoms with Crippen LogP contribution in [0.5, 0.6) is 17.2 Å². The third-order valence-corrected chi connectivity index (χ3v) is 6.32. The first-order valence-corrected chi connectivity index (χ1v) is 11.6. The van der Waals surface area contributed by atoms with Crippen molar-refractivity contribution in [1.29, 1.82) is 0 Å². The molecule has 0 N–H and O–H groups in total. The average Bonchev–Trinajstić information content (AvgIpc) is 3.57. The second kappa shape index (κ2) is 9.41. The first-order chi connectivity index (χ1) is 16.7. The van der Waals surface area contributed by atoms with Gasteiger partial charge in [0.15, 0.2) is 0 Å². The van der Waals surface area contributed by atoms with Crippen LogP contribution in [0.2, 0.25) is 0 Å². The maximum Gasteiger partial charge on any atom is 0.211 e. The molecule has 0 bridgehead atoms. The van der Waals surface area contributed by atoms with Gasteiger partial charge in [-0.25, -0.2) is 9.67 Å². The monoisotopic (exact) mass is 469 g/mol. The molecule has 7 heteroatoms. The summed E-state index contributed by atoms with van der Waals surface area (Å²) in [6.07, 6.45) is 0. The second-order valence-electron chi connectivity index (χ2n) is 7.53. The maximum atomic E-state index is 5.46. The summed E-state index contributed by atoms with van der Waals surface area (Å²) in [6.45, 7) is 0. The van der Waals surface area contributed by atoms with Gasteiger partial charge in [0.1, 0.15) is 17.2 Å².